The molecule has 0 aliphatic carbocycles. The van der Waals surface area contributed by atoms with E-state index in [4.69, 9.17) is 11.6 Å². The molecule has 4 heteroatoms. The monoisotopic (exact) mass is 305 g/mol. The molecule has 1 atom stereocenters. The Bertz CT molecular complexity index is 572. The third-order valence-corrected chi connectivity index (χ3v) is 4.23. The fourth-order valence-corrected chi connectivity index (χ4v) is 2.57. The summed E-state index contributed by atoms with van der Waals surface area (Å²) in [5.41, 5.74) is 3.66. The maximum atomic E-state index is 6.09. The summed E-state index contributed by atoms with van der Waals surface area (Å²) in [4.78, 5) is 0. The van der Waals surface area contributed by atoms with Crippen molar-refractivity contribution in [1.29, 1.82) is 0 Å². The largest absolute Gasteiger partial charge is 0.309 e. The van der Waals surface area contributed by atoms with Crippen LogP contribution in [0.1, 0.15) is 49.6 Å². The maximum Gasteiger partial charge on any atom is 0.0814 e. The lowest BCUT2D eigenvalue weighted by Crippen LogP contribution is -2.26. The number of rotatable bonds is 6. The van der Waals surface area contributed by atoms with E-state index in [2.05, 4.69) is 55.5 Å². The van der Waals surface area contributed by atoms with Gasteiger partial charge in [0.05, 0.1) is 29.5 Å². The highest BCUT2D eigenvalue weighted by molar-refractivity contribution is 6.31. The molecule has 0 amide bonds. The van der Waals surface area contributed by atoms with Crippen LogP contribution in [0.25, 0.3) is 0 Å². The standard InChI is InChI=1S/C17H24ClN3/c1-5-19-17(11-21-13(4)16(18)10-20-21)15-8-6-14(7-9-15)12(2)3/h6-10,12,17,19H,5,11H2,1-4H3. The Kier molecular flexibility index (Phi) is 5.43. The summed E-state index contributed by atoms with van der Waals surface area (Å²) in [5, 5.41) is 8.60. The van der Waals surface area contributed by atoms with Gasteiger partial charge in [0.1, 0.15) is 0 Å². The Balaban J connectivity index is 2.20. The number of nitrogens with one attached hydrogen (secondary N) is 1. The smallest absolute Gasteiger partial charge is 0.0814 e. The molecule has 0 aliphatic rings. The van der Waals surface area contributed by atoms with E-state index in [0.29, 0.717) is 5.92 Å². The van der Waals surface area contributed by atoms with Crippen LogP contribution in [0.4, 0.5) is 0 Å². The fourth-order valence-electron chi connectivity index (χ4n) is 2.43. The number of hydrogen-bond donors (Lipinski definition) is 1. The molecule has 2 rings (SSSR count). The summed E-state index contributed by atoms with van der Waals surface area (Å²) in [6.45, 7) is 10.3. The highest BCUT2D eigenvalue weighted by Crippen LogP contribution is 2.22. The van der Waals surface area contributed by atoms with Crippen LogP contribution in [0.3, 0.4) is 0 Å². The van der Waals surface area contributed by atoms with Crippen molar-refractivity contribution >= 4 is 11.6 Å². The predicted octanol–water partition coefficient (Wildman–Crippen LogP) is 4.32. The summed E-state index contributed by atoms with van der Waals surface area (Å²) < 4.78 is 1.96. The molecule has 0 saturated heterocycles. The molecule has 1 heterocycles. The minimum Gasteiger partial charge on any atom is -0.309 e. The molecule has 2 aromatic rings. The second kappa shape index (κ2) is 7.10. The summed E-state index contributed by atoms with van der Waals surface area (Å²) in [6, 6.07) is 9.10. The van der Waals surface area contributed by atoms with Gasteiger partial charge in [0.2, 0.25) is 0 Å². The Morgan fingerprint density at radius 1 is 1.19 bits per heavy atom. The van der Waals surface area contributed by atoms with E-state index in [9.17, 15) is 0 Å². The second-order valence-electron chi connectivity index (χ2n) is 5.69. The van der Waals surface area contributed by atoms with Crippen molar-refractivity contribution in [3.05, 3.63) is 52.3 Å². The quantitative estimate of drug-likeness (QED) is 0.861. The molecule has 1 N–H and O–H groups in total. The number of nitrogens with zero attached hydrogens (tertiary/aromatic N) is 2. The Hall–Kier alpha value is -1.32. The molecule has 0 fully saturated rings. The van der Waals surface area contributed by atoms with Crippen molar-refractivity contribution in [3.8, 4) is 0 Å². The van der Waals surface area contributed by atoms with Crippen LogP contribution in [-0.4, -0.2) is 16.3 Å². The molecule has 114 valence electrons. The van der Waals surface area contributed by atoms with Gasteiger partial charge in [-0.2, -0.15) is 5.10 Å². The summed E-state index contributed by atoms with van der Waals surface area (Å²) >= 11 is 6.09. The molecule has 0 aliphatic heterocycles. The van der Waals surface area contributed by atoms with Crippen molar-refractivity contribution in [3.63, 3.8) is 0 Å². The average molecular weight is 306 g/mol. The van der Waals surface area contributed by atoms with Crippen LogP contribution in [0.5, 0.6) is 0 Å². The Morgan fingerprint density at radius 3 is 2.29 bits per heavy atom. The number of benzene rings is 1. The predicted molar refractivity (Wildman–Crippen MR) is 88.9 cm³/mol. The van der Waals surface area contributed by atoms with E-state index < -0.39 is 0 Å². The zero-order chi connectivity index (χ0) is 15.4. The first-order valence-corrected chi connectivity index (χ1v) is 7.91. The van der Waals surface area contributed by atoms with E-state index in [1.165, 1.54) is 11.1 Å². The molecule has 0 bridgehead atoms. The van der Waals surface area contributed by atoms with Gasteiger partial charge >= 0.3 is 0 Å². The van der Waals surface area contributed by atoms with Gasteiger partial charge < -0.3 is 5.32 Å². The van der Waals surface area contributed by atoms with Crippen LogP contribution in [0.15, 0.2) is 30.5 Å². The minimum atomic E-state index is 0.242. The van der Waals surface area contributed by atoms with Crippen molar-refractivity contribution in [2.45, 2.75) is 46.2 Å². The van der Waals surface area contributed by atoms with E-state index in [0.717, 1.165) is 23.8 Å². The maximum absolute atomic E-state index is 6.09. The molecule has 0 spiro atoms. The number of aromatic nitrogens is 2. The van der Waals surface area contributed by atoms with Crippen LogP contribution < -0.4 is 5.32 Å². The molecule has 0 radical (unpaired) electrons. The Morgan fingerprint density at radius 2 is 1.81 bits per heavy atom. The zero-order valence-electron chi connectivity index (χ0n) is 13.2. The normalized spacial score (nSPS) is 12.9. The summed E-state index contributed by atoms with van der Waals surface area (Å²) in [7, 11) is 0. The van der Waals surface area contributed by atoms with Gasteiger partial charge in [-0.3, -0.25) is 4.68 Å². The van der Waals surface area contributed by atoms with E-state index in [-0.39, 0.29) is 6.04 Å². The first-order chi connectivity index (χ1) is 10.0. The van der Waals surface area contributed by atoms with Crippen molar-refractivity contribution < 1.29 is 0 Å². The van der Waals surface area contributed by atoms with Gasteiger partial charge in [-0.15, -0.1) is 0 Å². The van der Waals surface area contributed by atoms with Gasteiger partial charge in [-0.1, -0.05) is 56.6 Å². The molecular weight excluding hydrogens is 282 g/mol. The highest BCUT2D eigenvalue weighted by atomic mass is 35.5. The Labute approximate surface area is 132 Å². The van der Waals surface area contributed by atoms with Crippen molar-refractivity contribution in [1.82, 2.24) is 15.1 Å². The third-order valence-electron chi connectivity index (χ3n) is 3.85. The topological polar surface area (TPSA) is 29.9 Å². The first kappa shape index (κ1) is 16.1. The highest BCUT2D eigenvalue weighted by Gasteiger charge is 2.14. The molecule has 1 unspecified atom stereocenters. The summed E-state index contributed by atoms with van der Waals surface area (Å²) in [5.74, 6) is 0.559. The molecule has 1 aromatic carbocycles. The van der Waals surface area contributed by atoms with Crippen LogP contribution in [-0.2, 0) is 6.54 Å². The summed E-state index contributed by atoms with van der Waals surface area (Å²) in [6.07, 6.45) is 1.71. The number of hydrogen-bond acceptors (Lipinski definition) is 2. The first-order valence-electron chi connectivity index (χ1n) is 7.54. The second-order valence-corrected chi connectivity index (χ2v) is 6.10. The van der Waals surface area contributed by atoms with Crippen molar-refractivity contribution in [2.24, 2.45) is 0 Å². The fraction of sp³-hybridized carbons (Fsp3) is 0.471. The molecule has 0 saturated carbocycles. The van der Waals surface area contributed by atoms with Crippen LogP contribution in [0, 0.1) is 6.92 Å². The molecule has 1 aromatic heterocycles. The van der Waals surface area contributed by atoms with Crippen molar-refractivity contribution in [2.75, 3.05) is 6.54 Å². The lowest BCUT2D eigenvalue weighted by atomic mass is 9.99. The van der Waals surface area contributed by atoms with E-state index in [1.54, 1.807) is 6.20 Å². The lowest BCUT2D eigenvalue weighted by Gasteiger charge is -2.20. The van der Waals surface area contributed by atoms with E-state index in [1.807, 2.05) is 11.6 Å². The number of halogens is 1. The lowest BCUT2D eigenvalue weighted by molar-refractivity contribution is 0.442. The van der Waals surface area contributed by atoms with Gasteiger partial charge in [-0.05, 0) is 30.5 Å². The van der Waals surface area contributed by atoms with Gasteiger partial charge in [0, 0.05) is 0 Å². The average Bonchev–Trinajstić information content (AvgIpc) is 2.79. The SMILES string of the molecule is CCNC(Cn1ncc(Cl)c1C)c1ccc(C(C)C)cc1. The molecule has 21 heavy (non-hydrogen) atoms. The van der Waals surface area contributed by atoms with Gasteiger partial charge in [0.25, 0.3) is 0 Å². The van der Waals surface area contributed by atoms with E-state index >= 15 is 0 Å². The van der Waals surface area contributed by atoms with Gasteiger partial charge in [-0.25, -0.2) is 0 Å². The molecular formula is C17H24ClN3. The molecule has 3 nitrogen and oxygen atoms in total. The van der Waals surface area contributed by atoms with Crippen LogP contribution in [0.2, 0.25) is 5.02 Å². The van der Waals surface area contributed by atoms with Crippen LogP contribution >= 0.6 is 11.6 Å². The minimum absolute atomic E-state index is 0.242. The zero-order valence-corrected chi connectivity index (χ0v) is 14.0. The van der Waals surface area contributed by atoms with Gasteiger partial charge in [0.15, 0.2) is 0 Å². The third kappa shape index (κ3) is 3.86. The number of likely N-dealkylation sites (N-methyl/N-ethyl adjacent to an activating group) is 1.